The number of benzene rings is 3. The van der Waals surface area contributed by atoms with Crippen molar-refractivity contribution < 1.29 is 35.6 Å². The number of hydrogen-bond donors (Lipinski definition) is 0. The van der Waals surface area contributed by atoms with Gasteiger partial charge in [-0.3, -0.25) is 4.79 Å². The molecule has 0 fully saturated rings. The highest BCUT2D eigenvalue weighted by Crippen LogP contribution is 2.37. The Bertz CT molecular complexity index is 1460. The number of amides is 1. The summed E-state index contributed by atoms with van der Waals surface area (Å²) in [5.41, 5.74) is -3.79. The van der Waals surface area contributed by atoms with Gasteiger partial charge in [-0.2, -0.15) is 26.3 Å². The number of fused-ring (bicyclic) bond motifs is 1. The number of carbonyl (C=O) groups excluding carboxylic acids is 1. The first-order valence-corrected chi connectivity index (χ1v) is 10.5. The molecule has 0 aliphatic carbocycles. The first-order valence-electron chi connectivity index (χ1n) is 10.5. The molecule has 3 aromatic carbocycles. The summed E-state index contributed by atoms with van der Waals surface area (Å²) in [5, 5.41) is 0.443. The summed E-state index contributed by atoms with van der Waals surface area (Å²) < 4.78 is 84.7. The second kappa shape index (κ2) is 9.18. The van der Waals surface area contributed by atoms with E-state index in [1.54, 1.807) is 54.6 Å². The Labute approximate surface area is 200 Å². The highest BCUT2D eigenvalue weighted by Gasteiger charge is 2.37. The average molecular weight is 505 g/mol. The SMILES string of the molecule is CN(Cc1cc(C(F)(F)F)cc(C(F)(F)F)c1)C(=O)c1c(-c2ccccc2)c2ccccc2oc1=O. The van der Waals surface area contributed by atoms with Crippen LogP contribution in [0.15, 0.2) is 82.0 Å². The molecule has 186 valence electrons. The van der Waals surface area contributed by atoms with Crippen LogP contribution in [-0.2, 0) is 18.9 Å². The highest BCUT2D eigenvalue weighted by atomic mass is 19.4. The maximum atomic E-state index is 13.4. The molecule has 4 rings (SSSR count). The Kier molecular flexibility index (Phi) is 6.38. The number of alkyl halides is 6. The van der Waals surface area contributed by atoms with Crippen molar-refractivity contribution in [2.45, 2.75) is 18.9 Å². The molecule has 4 aromatic rings. The molecule has 0 N–H and O–H groups in total. The summed E-state index contributed by atoms with van der Waals surface area (Å²) in [7, 11) is 1.18. The molecule has 10 heteroatoms. The number of nitrogens with zero attached hydrogens (tertiary/aromatic N) is 1. The van der Waals surface area contributed by atoms with E-state index in [4.69, 9.17) is 4.42 Å². The quantitative estimate of drug-likeness (QED) is 0.227. The molecule has 0 unspecified atom stereocenters. The normalized spacial score (nSPS) is 12.1. The van der Waals surface area contributed by atoms with E-state index in [9.17, 15) is 35.9 Å². The Hall–Kier alpha value is -4.08. The fraction of sp³-hybridized carbons (Fsp3) is 0.154. The Morgan fingerprint density at radius 1 is 0.833 bits per heavy atom. The van der Waals surface area contributed by atoms with Crippen LogP contribution in [0.5, 0.6) is 0 Å². The van der Waals surface area contributed by atoms with Gasteiger partial charge >= 0.3 is 18.0 Å². The molecule has 0 radical (unpaired) electrons. The Morgan fingerprint density at radius 3 is 1.97 bits per heavy atom. The fourth-order valence-electron chi connectivity index (χ4n) is 3.90. The summed E-state index contributed by atoms with van der Waals surface area (Å²) in [6.45, 7) is -0.619. The van der Waals surface area contributed by atoms with Gasteiger partial charge in [0.15, 0.2) is 0 Å². The van der Waals surface area contributed by atoms with Gasteiger partial charge in [0.1, 0.15) is 11.1 Å². The predicted octanol–water partition coefficient (Wildman–Crippen LogP) is 6.77. The third-order valence-electron chi connectivity index (χ3n) is 5.50. The lowest BCUT2D eigenvalue weighted by Gasteiger charge is -2.21. The van der Waals surface area contributed by atoms with Gasteiger partial charge in [-0.25, -0.2) is 4.79 Å². The predicted molar refractivity (Wildman–Crippen MR) is 120 cm³/mol. The monoisotopic (exact) mass is 505 g/mol. The largest absolute Gasteiger partial charge is 0.422 e. The van der Waals surface area contributed by atoms with Gasteiger partial charge in [0, 0.05) is 24.5 Å². The molecule has 1 heterocycles. The third-order valence-corrected chi connectivity index (χ3v) is 5.50. The molecule has 1 amide bonds. The van der Waals surface area contributed by atoms with Gasteiger partial charge in [-0.15, -0.1) is 0 Å². The van der Waals surface area contributed by atoms with E-state index in [-0.39, 0.29) is 22.8 Å². The van der Waals surface area contributed by atoms with Crippen LogP contribution < -0.4 is 5.63 Å². The van der Waals surface area contributed by atoms with E-state index < -0.39 is 47.1 Å². The van der Waals surface area contributed by atoms with Crippen LogP contribution in [0, 0.1) is 0 Å². The lowest BCUT2D eigenvalue weighted by molar-refractivity contribution is -0.143. The number of hydrogen-bond acceptors (Lipinski definition) is 3. The summed E-state index contributed by atoms with van der Waals surface area (Å²) in [6, 6.07) is 16.0. The molecule has 0 aliphatic rings. The fourth-order valence-corrected chi connectivity index (χ4v) is 3.90. The van der Waals surface area contributed by atoms with Crippen LogP contribution in [0.3, 0.4) is 0 Å². The number of rotatable bonds is 4. The average Bonchev–Trinajstić information content (AvgIpc) is 2.82. The van der Waals surface area contributed by atoms with Crippen LogP contribution in [0.4, 0.5) is 26.3 Å². The summed E-state index contributed by atoms with van der Waals surface area (Å²) in [5.74, 6) is -0.917. The maximum absolute atomic E-state index is 13.4. The second-order valence-corrected chi connectivity index (χ2v) is 8.08. The molecule has 0 spiro atoms. The standard InChI is InChI=1S/C26H17F6NO3/c1-33(14-15-11-17(25(27,28)29)13-18(12-15)26(30,31)32)23(34)22-21(16-7-3-2-4-8-16)19-9-5-6-10-20(19)36-24(22)35/h2-13H,14H2,1H3. The van der Waals surface area contributed by atoms with Gasteiger partial charge in [0.05, 0.1) is 11.1 Å². The van der Waals surface area contributed by atoms with E-state index in [1.807, 2.05) is 0 Å². The lowest BCUT2D eigenvalue weighted by Crippen LogP contribution is -2.31. The van der Waals surface area contributed by atoms with Crippen molar-refractivity contribution in [1.29, 1.82) is 0 Å². The smallest absolute Gasteiger partial charge is 0.416 e. The van der Waals surface area contributed by atoms with E-state index in [1.165, 1.54) is 7.05 Å². The zero-order valence-corrected chi connectivity index (χ0v) is 18.6. The Morgan fingerprint density at radius 2 is 1.39 bits per heavy atom. The molecule has 36 heavy (non-hydrogen) atoms. The summed E-state index contributed by atoms with van der Waals surface area (Å²) in [4.78, 5) is 27.2. The van der Waals surface area contributed by atoms with E-state index in [0.29, 0.717) is 23.1 Å². The van der Waals surface area contributed by atoms with Crippen molar-refractivity contribution in [1.82, 2.24) is 4.90 Å². The first kappa shape index (κ1) is 25.0. The Balaban J connectivity index is 1.81. The van der Waals surface area contributed by atoms with Gasteiger partial charge in [0.2, 0.25) is 0 Å². The van der Waals surface area contributed by atoms with E-state index in [0.717, 1.165) is 4.90 Å². The minimum Gasteiger partial charge on any atom is -0.422 e. The van der Waals surface area contributed by atoms with Crippen molar-refractivity contribution >= 4 is 16.9 Å². The molecule has 0 aliphatic heterocycles. The number of carbonyl (C=O) groups is 1. The summed E-state index contributed by atoms with van der Waals surface area (Å²) >= 11 is 0. The van der Waals surface area contributed by atoms with Crippen molar-refractivity contribution in [2.24, 2.45) is 0 Å². The number of halogens is 6. The van der Waals surface area contributed by atoms with Crippen molar-refractivity contribution in [3.63, 3.8) is 0 Å². The molecule has 0 atom stereocenters. The van der Waals surface area contributed by atoms with Crippen molar-refractivity contribution in [3.8, 4) is 11.1 Å². The van der Waals surface area contributed by atoms with E-state index in [2.05, 4.69) is 0 Å². The van der Waals surface area contributed by atoms with Gasteiger partial charge in [-0.1, -0.05) is 48.5 Å². The van der Waals surface area contributed by atoms with Crippen LogP contribution >= 0.6 is 0 Å². The number of para-hydroxylation sites is 1. The van der Waals surface area contributed by atoms with Gasteiger partial charge in [0.25, 0.3) is 5.91 Å². The molecule has 0 saturated heterocycles. The van der Waals surface area contributed by atoms with Gasteiger partial charge < -0.3 is 9.32 Å². The third kappa shape index (κ3) is 4.98. The second-order valence-electron chi connectivity index (χ2n) is 8.08. The molecule has 0 bridgehead atoms. The molecule has 1 aromatic heterocycles. The lowest BCUT2D eigenvalue weighted by atomic mass is 9.96. The van der Waals surface area contributed by atoms with Gasteiger partial charge in [-0.05, 0) is 35.4 Å². The van der Waals surface area contributed by atoms with E-state index >= 15 is 0 Å². The zero-order chi connectivity index (χ0) is 26.3. The van der Waals surface area contributed by atoms with Crippen molar-refractivity contribution in [2.75, 3.05) is 7.05 Å². The minimum atomic E-state index is -5.03. The van der Waals surface area contributed by atoms with Crippen LogP contribution in [0.25, 0.3) is 22.1 Å². The topological polar surface area (TPSA) is 50.5 Å². The van der Waals surface area contributed by atoms with Crippen LogP contribution in [-0.4, -0.2) is 17.9 Å². The molecule has 0 saturated carbocycles. The highest BCUT2D eigenvalue weighted by molar-refractivity contribution is 6.07. The molecular weight excluding hydrogens is 488 g/mol. The van der Waals surface area contributed by atoms with Crippen LogP contribution in [0.2, 0.25) is 0 Å². The molecular formula is C26H17F6NO3. The zero-order valence-electron chi connectivity index (χ0n) is 18.6. The maximum Gasteiger partial charge on any atom is 0.416 e. The first-order chi connectivity index (χ1) is 16.9. The summed E-state index contributed by atoms with van der Waals surface area (Å²) in [6.07, 6.45) is -10.1. The minimum absolute atomic E-state index is 0.0107. The van der Waals surface area contributed by atoms with Crippen LogP contribution in [0.1, 0.15) is 27.0 Å². The van der Waals surface area contributed by atoms with Crippen molar-refractivity contribution in [3.05, 3.63) is 105 Å². The molecule has 4 nitrogen and oxygen atoms in total.